The van der Waals surface area contributed by atoms with Crippen molar-refractivity contribution >= 4 is 17.7 Å². The third-order valence-electron chi connectivity index (χ3n) is 9.02. The highest BCUT2D eigenvalue weighted by Gasteiger charge is 2.75. The first-order chi connectivity index (χ1) is 18.3. The van der Waals surface area contributed by atoms with Crippen LogP contribution in [-0.2, 0) is 23.9 Å². The van der Waals surface area contributed by atoms with Crippen LogP contribution in [-0.4, -0.2) is 131 Å². The average Bonchev–Trinajstić information content (AvgIpc) is 3.19. The molecule has 10 heteroatoms. The van der Waals surface area contributed by atoms with Gasteiger partial charge in [0.2, 0.25) is 17.7 Å². The van der Waals surface area contributed by atoms with E-state index < -0.39 is 35.1 Å². The maximum atomic E-state index is 14.3. The maximum absolute atomic E-state index is 14.3. The van der Waals surface area contributed by atoms with Gasteiger partial charge in [0.15, 0.2) is 0 Å². The molecule has 3 amide bonds. The lowest BCUT2D eigenvalue weighted by Crippen LogP contribution is -2.59. The van der Waals surface area contributed by atoms with Crippen LogP contribution in [0.3, 0.4) is 0 Å². The van der Waals surface area contributed by atoms with Crippen LogP contribution in [0.1, 0.15) is 33.6 Å². The molecular weight excluding hydrogens is 488 g/mol. The molecule has 0 aromatic heterocycles. The fourth-order valence-electron chi connectivity index (χ4n) is 7.12. The molecule has 0 aromatic carbocycles. The fraction of sp³-hybridized carbons (Fsp3) is 0.750. The van der Waals surface area contributed by atoms with Crippen LogP contribution >= 0.6 is 0 Å². The lowest BCUT2D eigenvalue weighted by Gasteiger charge is -2.40. The summed E-state index contributed by atoms with van der Waals surface area (Å²) in [4.78, 5) is 50.0. The quantitative estimate of drug-likeness (QED) is 0.450. The highest BCUT2D eigenvalue weighted by atomic mass is 16.5. The number of hydrogen-bond donors (Lipinski definition) is 1. The predicted molar refractivity (Wildman–Crippen MR) is 140 cm³/mol. The summed E-state index contributed by atoms with van der Waals surface area (Å²) in [6.07, 6.45) is 8.96. The minimum Gasteiger partial charge on any atom is -0.394 e. The molecule has 1 N–H and O–H groups in total. The van der Waals surface area contributed by atoms with E-state index in [-0.39, 0.29) is 24.3 Å². The number of amides is 3. The van der Waals surface area contributed by atoms with Crippen LogP contribution in [0, 0.1) is 11.8 Å². The Morgan fingerprint density at radius 2 is 1.63 bits per heavy atom. The second-order valence-corrected chi connectivity index (χ2v) is 11.3. The van der Waals surface area contributed by atoms with E-state index in [0.717, 1.165) is 19.5 Å². The average molecular weight is 531 g/mol. The van der Waals surface area contributed by atoms with Crippen molar-refractivity contribution in [3.8, 4) is 0 Å². The number of ether oxygens (including phenoxy) is 2. The molecule has 3 saturated heterocycles. The van der Waals surface area contributed by atoms with E-state index in [1.54, 1.807) is 14.7 Å². The zero-order chi connectivity index (χ0) is 27.1. The number of morpholine rings is 1. The molecule has 5 aliphatic heterocycles. The molecule has 0 aromatic rings. The van der Waals surface area contributed by atoms with Crippen molar-refractivity contribution in [3.05, 3.63) is 24.3 Å². The molecule has 6 atom stereocenters. The molecule has 38 heavy (non-hydrogen) atoms. The Labute approximate surface area is 225 Å². The largest absolute Gasteiger partial charge is 0.394 e. The summed E-state index contributed by atoms with van der Waals surface area (Å²) in [6.45, 7) is 11.2. The number of carbonyl (C=O) groups excluding carboxylic acids is 3. The fourth-order valence-corrected chi connectivity index (χ4v) is 7.12. The van der Waals surface area contributed by atoms with Crippen LogP contribution in [0.2, 0.25) is 0 Å². The summed E-state index contributed by atoms with van der Waals surface area (Å²) in [5.41, 5.74) is -2.29. The van der Waals surface area contributed by atoms with E-state index in [2.05, 4.69) is 4.90 Å². The van der Waals surface area contributed by atoms with E-state index in [1.807, 2.05) is 45.1 Å². The van der Waals surface area contributed by atoms with Crippen molar-refractivity contribution in [2.75, 3.05) is 65.6 Å². The number of carbonyl (C=O) groups is 3. The van der Waals surface area contributed by atoms with E-state index in [0.29, 0.717) is 52.4 Å². The van der Waals surface area contributed by atoms with E-state index in [1.165, 1.54) is 0 Å². The van der Waals surface area contributed by atoms with Crippen molar-refractivity contribution in [1.29, 1.82) is 0 Å². The molecular formula is C28H42N4O6. The van der Waals surface area contributed by atoms with Gasteiger partial charge in [0, 0.05) is 45.8 Å². The van der Waals surface area contributed by atoms with Gasteiger partial charge < -0.3 is 29.3 Å². The molecule has 3 fully saturated rings. The highest BCUT2D eigenvalue weighted by molar-refractivity contribution is 6.00. The number of nitrogens with zero attached hydrogens (tertiary/aromatic N) is 4. The summed E-state index contributed by atoms with van der Waals surface area (Å²) in [7, 11) is 0. The SMILES string of the molecule is CCCN1CC=C[C@@]2(C)O[C@]34C=CCN(CCN5CCOCC5)C(=O)C3N([C@@H](CC)CO)C(=O)[C@@H]4[C@H]2C1=O. The molecule has 0 saturated carbocycles. The van der Waals surface area contributed by atoms with Crippen LogP contribution in [0.5, 0.6) is 0 Å². The minimum absolute atomic E-state index is 0.110. The van der Waals surface area contributed by atoms with Crippen LogP contribution in [0.15, 0.2) is 24.3 Å². The van der Waals surface area contributed by atoms with Crippen molar-refractivity contribution < 1.29 is 29.0 Å². The van der Waals surface area contributed by atoms with Gasteiger partial charge in [0.1, 0.15) is 11.6 Å². The Kier molecular flexibility index (Phi) is 7.70. The van der Waals surface area contributed by atoms with E-state index >= 15 is 0 Å². The topological polar surface area (TPSA) is 103 Å². The third kappa shape index (κ3) is 4.29. The Hall–Kier alpha value is -2.27. The van der Waals surface area contributed by atoms with Gasteiger partial charge >= 0.3 is 0 Å². The molecule has 210 valence electrons. The molecule has 0 aliphatic carbocycles. The molecule has 5 rings (SSSR count). The van der Waals surface area contributed by atoms with Crippen molar-refractivity contribution in [2.24, 2.45) is 11.8 Å². The zero-order valence-corrected chi connectivity index (χ0v) is 22.9. The number of hydrogen-bond acceptors (Lipinski definition) is 7. The first-order valence-electron chi connectivity index (χ1n) is 14.2. The Bertz CT molecular complexity index is 992. The molecule has 10 nitrogen and oxygen atoms in total. The molecule has 1 spiro atoms. The van der Waals surface area contributed by atoms with Crippen molar-refractivity contribution in [1.82, 2.24) is 19.6 Å². The number of aliphatic hydroxyl groups is 1. The number of aliphatic hydroxyl groups excluding tert-OH is 1. The van der Waals surface area contributed by atoms with Crippen molar-refractivity contribution in [3.63, 3.8) is 0 Å². The lowest BCUT2D eigenvalue weighted by atomic mass is 9.74. The van der Waals surface area contributed by atoms with Crippen LogP contribution < -0.4 is 0 Å². The molecule has 0 bridgehead atoms. The van der Waals surface area contributed by atoms with Crippen LogP contribution in [0.4, 0.5) is 0 Å². The Balaban J connectivity index is 1.53. The van der Waals surface area contributed by atoms with Gasteiger partial charge in [-0.2, -0.15) is 0 Å². The molecule has 0 radical (unpaired) electrons. The van der Waals surface area contributed by atoms with Gasteiger partial charge in [-0.1, -0.05) is 38.2 Å². The Morgan fingerprint density at radius 3 is 2.29 bits per heavy atom. The van der Waals surface area contributed by atoms with E-state index in [4.69, 9.17) is 9.47 Å². The number of likely N-dealkylation sites (tertiary alicyclic amines) is 1. The van der Waals surface area contributed by atoms with Gasteiger partial charge in [-0.15, -0.1) is 0 Å². The summed E-state index contributed by atoms with van der Waals surface area (Å²) >= 11 is 0. The van der Waals surface area contributed by atoms with Crippen LogP contribution in [0.25, 0.3) is 0 Å². The van der Waals surface area contributed by atoms with E-state index in [9.17, 15) is 19.5 Å². The van der Waals surface area contributed by atoms with Crippen molar-refractivity contribution in [2.45, 2.75) is 56.9 Å². The van der Waals surface area contributed by atoms with Gasteiger partial charge in [0.25, 0.3) is 0 Å². The monoisotopic (exact) mass is 530 g/mol. The van der Waals surface area contributed by atoms with Gasteiger partial charge in [-0.05, 0) is 19.8 Å². The smallest absolute Gasteiger partial charge is 0.249 e. The lowest BCUT2D eigenvalue weighted by molar-refractivity contribution is -0.156. The summed E-state index contributed by atoms with van der Waals surface area (Å²) in [6, 6.07) is -1.48. The summed E-state index contributed by atoms with van der Waals surface area (Å²) in [5, 5.41) is 10.3. The maximum Gasteiger partial charge on any atom is 0.249 e. The molecule has 1 unspecified atom stereocenters. The summed E-state index contributed by atoms with van der Waals surface area (Å²) in [5.74, 6) is -2.17. The standard InChI is InChI=1S/C28H42N4O6/c1-4-10-30-11-6-8-27(3)21(24(30)34)22-25(35)32(20(5-2)19-33)23-26(36)31(12-7-9-28(22,23)38-27)14-13-29-15-17-37-18-16-29/h6-9,20-23,33H,4-5,10-19H2,1-3H3/t20-,21-,22-,23?,27+,28-/m0/s1. The normalized spacial score (nSPS) is 36.3. The first kappa shape index (κ1) is 27.3. The highest BCUT2D eigenvalue weighted by Crippen LogP contribution is 2.57. The first-order valence-corrected chi connectivity index (χ1v) is 14.2. The number of rotatable bonds is 8. The minimum atomic E-state index is -1.28. The van der Waals surface area contributed by atoms with Gasteiger partial charge in [-0.25, -0.2) is 0 Å². The molecule has 5 aliphatic rings. The molecule has 5 heterocycles. The number of fused-ring (bicyclic) bond motifs is 2. The summed E-state index contributed by atoms with van der Waals surface area (Å²) < 4.78 is 12.3. The second-order valence-electron chi connectivity index (χ2n) is 11.3. The van der Waals surface area contributed by atoms with Gasteiger partial charge in [0.05, 0.1) is 43.3 Å². The Morgan fingerprint density at radius 1 is 0.947 bits per heavy atom. The van der Waals surface area contributed by atoms with Gasteiger partial charge in [-0.3, -0.25) is 19.3 Å². The predicted octanol–water partition coefficient (Wildman–Crippen LogP) is 0.267. The second kappa shape index (κ2) is 10.7. The zero-order valence-electron chi connectivity index (χ0n) is 22.9. The third-order valence-corrected chi connectivity index (χ3v) is 9.02.